The number of hydrogen-bond donors (Lipinski definition) is 1. The molecular weight excluding hydrogens is 240 g/mol. The van der Waals surface area contributed by atoms with Crippen LogP contribution in [0.4, 0.5) is 5.69 Å². The van der Waals surface area contributed by atoms with Gasteiger partial charge in [-0.15, -0.1) is 0 Å². The maximum Gasteiger partial charge on any atom is 0.232 e. The Labute approximate surface area is 113 Å². The lowest BCUT2D eigenvalue weighted by Gasteiger charge is -2.38. The van der Waals surface area contributed by atoms with Gasteiger partial charge in [0.15, 0.2) is 0 Å². The second kappa shape index (κ2) is 4.85. The second-order valence-electron chi connectivity index (χ2n) is 5.50. The van der Waals surface area contributed by atoms with Crippen molar-refractivity contribution in [3.8, 4) is 0 Å². The first-order valence-electron chi connectivity index (χ1n) is 6.91. The van der Waals surface area contributed by atoms with E-state index in [1.165, 1.54) is 0 Å². The highest BCUT2D eigenvalue weighted by Gasteiger charge is 2.35. The Hall–Kier alpha value is -1.55. The minimum atomic E-state index is -0.0519. The molecule has 1 N–H and O–H groups in total. The number of rotatable bonds is 1. The molecule has 1 fully saturated rings. The van der Waals surface area contributed by atoms with Crippen LogP contribution in [0.2, 0.25) is 0 Å². The van der Waals surface area contributed by atoms with Crippen LogP contribution in [0.1, 0.15) is 25.3 Å². The van der Waals surface area contributed by atoms with E-state index in [9.17, 15) is 4.79 Å². The maximum atomic E-state index is 12.7. The minimum absolute atomic E-state index is 0.0519. The molecule has 2 aliphatic heterocycles. The molecule has 0 bridgehead atoms. The van der Waals surface area contributed by atoms with Crippen molar-refractivity contribution in [2.75, 3.05) is 25.0 Å². The maximum absolute atomic E-state index is 12.7. The lowest BCUT2D eigenvalue weighted by atomic mass is 9.98. The molecule has 0 radical (unpaired) electrons. The topological polar surface area (TPSA) is 41.6 Å². The van der Waals surface area contributed by atoms with Crippen LogP contribution in [0, 0.1) is 0 Å². The number of benzene rings is 1. The number of carbonyl (C=O) groups excluding carboxylic acids is 1. The quantitative estimate of drug-likeness (QED) is 0.837. The Kier molecular flexibility index (Phi) is 3.19. The summed E-state index contributed by atoms with van der Waals surface area (Å²) in [6.07, 6.45) is 0.129. The molecule has 3 atom stereocenters. The van der Waals surface area contributed by atoms with Crippen molar-refractivity contribution < 1.29 is 9.53 Å². The average molecular weight is 260 g/mol. The van der Waals surface area contributed by atoms with Gasteiger partial charge in [0.2, 0.25) is 5.91 Å². The fourth-order valence-electron chi connectivity index (χ4n) is 2.91. The average Bonchev–Trinajstić information content (AvgIpc) is 2.84. The van der Waals surface area contributed by atoms with E-state index in [-0.39, 0.29) is 24.0 Å². The van der Waals surface area contributed by atoms with Crippen molar-refractivity contribution in [3.63, 3.8) is 0 Å². The number of carbonyl (C=O) groups is 1. The lowest BCUT2D eigenvalue weighted by Crippen LogP contribution is -2.51. The van der Waals surface area contributed by atoms with Crippen LogP contribution in [-0.2, 0) is 9.53 Å². The van der Waals surface area contributed by atoms with E-state index < -0.39 is 0 Å². The molecule has 3 unspecified atom stereocenters. The molecule has 4 heteroatoms. The number of morpholine rings is 1. The van der Waals surface area contributed by atoms with Gasteiger partial charge in [-0.05, 0) is 25.5 Å². The van der Waals surface area contributed by atoms with Crippen molar-refractivity contribution in [3.05, 3.63) is 29.8 Å². The predicted molar refractivity (Wildman–Crippen MR) is 74.3 cm³/mol. The normalized spacial score (nSPS) is 29.8. The first-order valence-corrected chi connectivity index (χ1v) is 6.91. The van der Waals surface area contributed by atoms with E-state index in [4.69, 9.17) is 4.74 Å². The van der Waals surface area contributed by atoms with Gasteiger partial charge in [0, 0.05) is 18.8 Å². The Morgan fingerprint density at radius 3 is 3.00 bits per heavy atom. The standard InChI is InChI=1S/C15H20N2O2/c1-10-9-19-11(2)8-17(10)15(18)13-7-16-14-6-4-3-5-12(13)14/h3-6,10-11,13,16H,7-9H2,1-2H3. The first-order chi connectivity index (χ1) is 9.16. The minimum Gasteiger partial charge on any atom is -0.384 e. The molecule has 2 heterocycles. The zero-order chi connectivity index (χ0) is 13.4. The van der Waals surface area contributed by atoms with Gasteiger partial charge in [-0.25, -0.2) is 0 Å². The Balaban J connectivity index is 1.81. The highest BCUT2D eigenvalue weighted by Crippen LogP contribution is 2.33. The molecule has 1 aromatic carbocycles. The third kappa shape index (κ3) is 2.21. The number of nitrogens with zero attached hydrogens (tertiary/aromatic N) is 1. The summed E-state index contributed by atoms with van der Waals surface area (Å²) in [5.74, 6) is 0.170. The molecule has 1 saturated heterocycles. The van der Waals surface area contributed by atoms with Crippen LogP contribution in [-0.4, -0.2) is 42.6 Å². The molecule has 0 saturated carbocycles. The molecule has 1 amide bonds. The van der Waals surface area contributed by atoms with E-state index in [0.717, 1.165) is 11.3 Å². The molecule has 0 spiro atoms. The zero-order valence-corrected chi connectivity index (χ0v) is 11.4. The number of para-hydroxylation sites is 1. The first kappa shape index (κ1) is 12.5. The van der Waals surface area contributed by atoms with E-state index >= 15 is 0 Å². The van der Waals surface area contributed by atoms with Crippen LogP contribution >= 0.6 is 0 Å². The Morgan fingerprint density at radius 2 is 2.16 bits per heavy atom. The van der Waals surface area contributed by atoms with E-state index in [2.05, 4.69) is 12.2 Å². The number of amides is 1. The summed E-state index contributed by atoms with van der Waals surface area (Å²) in [5.41, 5.74) is 2.22. The molecule has 2 aliphatic rings. The summed E-state index contributed by atoms with van der Waals surface area (Å²) < 4.78 is 5.59. The summed E-state index contributed by atoms with van der Waals surface area (Å²) in [6.45, 7) is 6.11. The zero-order valence-electron chi connectivity index (χ0n) is 11.4. The van der Waals surface area contributed by atoms with E-state index in [1.54, 1.807) is 0 Å². The van der Waals surface area contributed by atoms with Gasteiger partial charge in [-0.2, -0.15) is 0 Å². The Bertz CT molecular complexity index is 489. The van der Waals surface area contributed by atoms with Gasteiger partial charge in [0.25, 0.3) is 0 Å². The van der Waals surface area contributed by atoms with Gasteiger partial charge in [-0.3, -0.25) is 4.79 Å². The van der Waals surface area contributed by atoms with Gasteiger partial charge in [0.05, 0.1) is 24.7 Å². The number of nitrogens with one attached hydrogen (secondary N) is 1. The lowest BCUT2D eigenvalue weighted by molar-refractivity contribution is -0.144. The highest BCUT2D eigenvalue weighted by atomic mass is 16.5. The summed E-state index contributed by atoms with van der Waals surface area (Å²) in [5, 5.41) is 3.32. The molecule has 0 aromatic heterocycles. The molecular formula is C15H20N2O2. The predicted octanol–water partition coefficient (Wildman–Crippen LogP) is 1.83. The van der Waals surface area contributed by atoms with E-state index in [1.807, 2.05) is 36.1 Å². The second-order valence-corrected chi connectivity index (χ2v) is 5.50. The molecule has 102 valence electrons. The van der Waals surface area contributed by atoms with Crippen LogP contribution < -0.4 is 5.32 Å². The SMILES string of the molecule is CC1CN(C(=O)C2CNc3ccccc32)C(C)CO1. The number of anilines is 1. The Morgan fingerprint density at radius 1 is 1.37 bits per heavy atom. The van der Waals surface area contributed by atoms with Crippen LogP contribution in [0.15, 0.2) is 24.3 Å². The van der Waals surface area contributed by atoms with Crippen molar-refractivity contribution in [2.45, 2.75) is 31.9 Å². The largest absolute Gasteiger partial charge is 0.384 e. The summed E-state index contributed by atoms with van der Waals surface area (Å²) in [4.78, 5) is 14.7. The van der Waals surface area contributed by atoms with Gasteiger partial charge in [0.1, 0.15) is 0 Å². The van der Waals surface area contributed by atoms with Crippen molar-refractivity contribution in [2.24, 2.45) is 0 Å². The molecule has 0 aliphatic carbocycles. The summed E-state index contributed by atoms with van der Waals surface area (Å²) in [6, 6.07) is 8.24. The smallest absolute Gasteiger partial charge is 0.232 e. The van der Waals surface area contributed by atoms with Crippen molar-refractivity contribution in [1.29, 1.82) is 0 Å². The summed E-state index contributed by atoms with van der Waals surface area (Å²) >= 11 is 0. The number of ether oxygens (including phenoxy) is 1. The van der Waals surface area contributed by atoms with E-state index in [0.29, 0.717) is 19.7 Å². The number of fused-ring (bicyclic) bond motifs is 1. The number of hydrogen-bond acceptors (Lipinski definition) is 3. The molecule has 1 aromatic rings. The molecule has 4 nitrogen and oxygen atoms in total. The van der Waals surface area contributed by atoms with Crippen molar-refractivity contribution in [1.82, 2.24) is 4.90 Å². The highest BCUT2D eigenvalue weighted by molar-refractivity contribution is 5.88. The third-order valence-electron chi connectivity index (χ3n) is 4.02. The van der Waals surface area contributed by atoms with Gasteiger partial charge >= 0.3 is 0 Å². The van der Waals surface area contributed by atoms with Crippen LogP contribution in [0.3, 0.4) is 0 Å². The monoisotopic (exact) mass is 260 g/mol. The third-order valence-corrected chi connectivity index (χ3v) is 4.02. The van der Waals surface area contributed by atoms with Crippen LogP contribution in [0.5, 0.6) is 0 Å². The van der Waals surface area contributed by atoms with Gasteiger partial charge in [-0.1, -0.05) is 18.2 Å². The molecule has 3 rings (SSSR count). The van der Waals surface area contributed by atoms with Gasteiger partial charge < -0.3 is 15.0 Å². The molecule has 19 heavy (non-hydrogen) atoms. The fraction of sp³-hybridized carbons (Fsp3) is 0.533. The van der Waals surface area contributed by atoms with Crippen molar-refractivity contribution >= 4 is 11.6 Å². The fourth-order valence-corrected chi connectivity index (χ4v) is 2.91. The summed E-state index contributed by atoms with van der Waals surface area (Å²) in [7, 11) is 0. The van der Waals surface area contributed by atoms with Crippen LogP contribution in [0.25, 0.3) is 0 Å².